The number of fused-ring (bicyclic) bond motifs is 1. The molecule has 0 atom stereocenters. The average molecular weight is 283 g/mol. The molecule has 18 heavy (non-hydrogen) atoms. The van der Waals surface area contributed by atoms with Crippen molar-refractivity contribution in [1.29, 1.82) is 0 Å². The lowest BCUT2D eigenvalue weighted by Crippen LogP contribution is -2.05. The van der Waals surface area contributed by atoms with E-state index in [2.05, 4.69) is 37.1 Å². The second kappa shape index (κ2) is 5.33. The van der Waals surface area contributed by atoms with Gasteiger partial charge in [0.1, 0.15) is 5.82 Å². The Bertz CT molecular complexity index is 580. The number of nitrogens with zero attached hydrogens (tertiary/aromatic N) is 1. The van der Waals surface area contributed by atoms with Crippen LogP contribution in [-0.4, -0.2) is 11.5 Å². The molecule has 0 amide bonds. The van der Waals surface area contributed by atoms with E-state index < -0.39 is 0 Å². The lowest BCUT2D eigenvalue weighted by Gasteiger charge is -2.15. The van der Waals surface area contributed by atoms with Crippen LogP contribution in [0.1, 0.15) is 32.3 Å². The van der Waals surface area contributed by atoms with Crippen molar-refractivity contribution in [2.45, 2.75) is 26.7 Å². The minimum Gasteiger partial charge on any atom is -0.370 e. The number of halogens is 2. The van der Waals surface area contributed by atoms with Gasteiger partial charge in [-0.05, 0) is 30.5 Å². The lowest BCUT2D eigenvalue weighted by molar-refractivity contribution is 0.862. The van der Waals surface area contributed by atoms with E-state index in [0.717, 1.165) is 23.3 Å². The molecule has 0 bridgehead atoms. The maximum Gasteiger partial charge on any atom is 0.130 e. The van der Waals surface area contributed by atoms with Gasteiger partial charge in [0.05, 0.1) is 15.6 Å². The number of anilines is 1. The van der Waals surface area contributed by atoms with E-state index in [1.807, 2.05) is 12.1 Å². The molecular formula is C14H16Cl2N2. The minimum absolute atomic E-state index is 0.408. The molecule has 1 aromatic heterocycles. The van der Waals surface area contributed by atoms with E-state index in [9.17, 15) is 0 Å². The summed E-state index contributed by atoms with van der Waals surface area (Å²) in [5, 5.41) is 5.36. The standard InChI is InChI=1S/C14H16Cl2N2/c1-4-17-14-10(8(2)3)7-9-5-6-11(15)12(16)13(9)18-14/h5-8H,4H2,1-3H3,(H,17,18). The maximum atomic E-state index is 6.21. The van der Waals surface area contributed by atoms with E-state index in [1.54, 1.807) is 0 Å². The fourth-order valence-corrected chi connectivity index (χ4v) is 2.31. The highest BCUT2D eigenvalue weighted by Gasteiger charge is 2.12. The molecule has 96 valence electrons. The van der Waals surface area contributed by atoms with Gasteiger partial charge in [0.25, 0.3) is 0 Å². The molecule has 1 heterocycles. The van der Waals surface area contributed by atoms with Crippen molar-refractivity contribution in [1.82, 2.24) is 4.98 Å². The van der Waals surface area contributed by atoms with E-state index >= 15 is 0 Å². The Morgan fingerprint density at radius 1 is 1.28 bits per heavy atom. The van der Waals surface area contributed by atoms with Gasteiger partial charge in [-0.15, -0.1) is 0 Å². The molecule has 2 aromatic rings. The molecule has 0 fully saturated rings. The van der Waals surface area contributed by atoms with Gasteiger partial charge in [0.15, 0.2) is 0 Å². The molecule has 1 N–H and O–H groups in total. The predicted octanol–water partition coefficient (Wildman–Crippen LogP) is 5.10. The van der Waals surface area contributed by atoms with Crippen LogP contribution in [0.3, 0.4) is 0 Å². The fraction of sp³-hybridized carbons (Fsp3) is 0.357. The SMILES string of the molecule is CCNc1nc2c(Cl)c(Cl)ccc2cc1C(C)C. The second-order valence-electron chi connectivity index (χ2n) is 4.54. The zero-order valence-corrected chi connectivity index (χ0v) is 12.2. The predicted molar refractivity (Wildman–Crippen MR) is 80.0 cm³/mol. The number of benzene rings is 1. The van der Waals surface area contributed by atoms with Crippen LogP contribution < -0.4 is 5.32 Å². The van der Waals surface area contributed by atoms with Crippen molar-refractivity contribution in [3.05, 3.63) is 33.8 Å². The smallest absolute Gasteiger partial charge is 0.130 e. The fourth-order valence-electron chi connectivity index (χ4n) is 1.95. The van der Waals surface area contributed by atoms with Crippen molar-refractivity contribution < 1.29 is 0 Å². The summed E-state index contributed by atoms with van der Waals surface area (Å²) in [6.07, 6.45) is 0. The molecule has 0 saturated heterocycles. The highest BCUT2D eigenvalue weighted by atomic mass is 35.5. The number of hydrogen-bond acceptors (Lipinski definition) is 2. The Morgan fingerprint density at radius 2 is 2.00 bits per heavy atom. The number of pyridine rings is 1. The van der Waals surface area contributed by atoms with E-state index in [4.69, 9.17) is 23.2 Å². The zero-order chi connectivity index (χ0) is 13.3. The first-order valence-electron chi connectivity index (χ1n) is 6.07. The van der Waals surface area contributed by atoms with Gasteiger partial charge in [-0.3, -0.25) is 0 Å². The highest BCUT2D eigenvalue weighted by Crippen LogP contribution is 2.33. The number of rotatable bonds is 3. The van der Waals surface area contributed by atoms with Crippen LogP contribution >= 0.6 is 23.2 Å². The van der Waals surface area contributed by atoms with Crippen molar-refractivity contribution in [3.8, 4) is 0 Å². The second-order valence-corrected chi connectivity index (χ2v) is 5.33. The van der Waals surface area contributed by atoms with Crippen LogP contribution in [0.5, 0.6) is 0 Å². The van der Waals surface area contributed by atoms with Crippen molar-refractivity contribution >= 4 is 39.9 Å². The maximum absolute atomic E-state index is 6.21. The molecule has 2 nitrogen and oxygen atoms in total. The first-order chi connectivity index (χ1) is 8.54. The number of hydrogen-bond donors (Lipinski definition) is 1. The van der Waals surface area contributed by atoms with Gasteiger partial charge in [0.2, 0.25) is 0 Å². The van der Waals surface area contributed by atoms with Gasteiger partial charge >= 0.3 is 0 Å². The molecule has 0 radical (unpaired) electrons. The quantitative estimate of drug-likeness (QED) is 0.848. The third-order valence-corrected chi connectivity index (χ3v) is 3.67. The van der Waals surface area contributed by atoms with E-state index in [-0.39, 0.29) is 0 Å². The third kappa shape index (κ3) is 2.40. The molecule has 0 unspecified atom stereocenters. The van der Waals surface area contributed by atoms with Crippen LogP contribution in [0.15, 0.2) is 18.2 Å². The molecule has 0 saturated carbocycles. The first kappa shape index (κ1) is 13.4. The minimum atomic E-state index is 0.408. The number of nitrogens with one attached hydrogen (secondary N) is 1. The van der Waals surface area contributed by atoms with Crippen LogP contribution in [0.4, 0.5) is 5.82 Å². The molecular weight excluding hydrogens is 267 g/mol. The summed E-state index contributed by atoms with van der Waals surface area (Å²) in [4.78, 5) is 4.62. The van der Waals surface area contributed by atoms with E-state index in [0.29, 0.717) is 16.0 Å². The Kier molecular flexibility index (Phi) is 3.98. The Labute approximate surface area is 117 Å². The van der Waals surface area contributed by atoms with Crippen LogP contribution in [0.25, 0.3) is 10.9 Å². The summed E-state index contributed by atoms with van der Waals surface area (Å²) in [5.41, 5.74) is 1.95. The zero-order valence-electron chi connectivity index (χ0n) is 10.7. The molecule has 0 aliphatic carbocycles. The van der Waals surface area contributed by atoms with Crippen molar-refractivity contribution in [2.24, 2.45) is 0 Å². The third-order valence-electron chi connectivity index (χ3n) is 2.87. The van der Waals surface area contributed by atoms with Gasteiger partial charge in [-0.2, -0.15) is 0 Å². The van der Waals surface area contributed by atoms with Gasteiger partial charge in [0, 0.05) is 11.9 Å². The molecule has 0 aliphatic rings. The highest BCUT2D eigenvalue weighted by molar-refractivity contribution is 6.45. The summed E-state index contributed by atoms with van der Waals surface area (Å²) >= 11 is 12.2. The van der Waals surface area contributed by atoms with Gasteiger partial charge in [-0.25, -0.2) is 4.98 Å². The Hall–Kier alpha value is -0.990. The largest absolute Gasteiger partial charge is 0.370 e. The summed E-state index contributed by atoms with van der Waals surface area (Å²) in [7, 11) is 0. The summed E-state index contributed by atoms with van der Waals surface area (Å²) in [5.74, 6) is 1.30. The van der Waals surface area contributed by atoms with Crippen LogP contribution in [0.2, 0.25) is 10.0 Å². The van der Waals surface area contributed by atoms with Gasteiger partial charge in [-0.1, -0.05) is 43.1 Å². The first-order valence-corrected chi connectivity index (χ1v) is 6.82. The topological polar surface area (TPSA) is 24.9 Å². The molecule has 0 aliphatic heterocycles. The summed E-state index contributed by atoms with van der Waals surface area (Å²) in [6, 6.07) is 5.90. The van der Waals surface area contributed by atoms with Crippen LogP contribution in [0, 0.1) is 0 Å². The Balaban J connectivity index is 2.72. The molecule has 4 heteroatoms. The average Bonchev–Trinajstić information content (AvgIpc) is 2.34. The van der Waals surface area contributed by atoms with Crippen LogP contribution in [-0.2, 0) is 0 Å². The van der Waals surface area contributed by atoms with E-state index in [1.165, 1.54) is 5.56 Å². The normalized spacial score (nSPS) is 11.2. The molecule has 0 spiro atoms. The molecule has 2 rings (SSSR count). The summed E-state index contributed by atoms with van der Waals surface area (Å²) < 4.78 is 0. The lowest BCUT2D eigenvalue weighted by atomic mass is 10.0. The molecule has 1 aromatic carbocycles. The summed E-state index contributed by atoms with van der Waals surface area (Å²) in [6.45, 7) is 7.19. The number of aromatic nitrogens is 1. The van der Waals surface area contributed by atoms with Crippen molar-refractivity contribution in [3.63, 3.8) is 0 Å². The Morgan fingerprint density at radius 3 is 2.61 bits per heavy atom. The van der Waals surface area contributed by atoms with Crippen molar-refractivity contribution in [2.75, 3.05) is 11.9 Å². The van der Waals surface area contributed by atoms with Gasteiger partial charge < -0.3 is 5.32 Å². The monoisotopic (exact) mass is 282 g/mol.